The van der Waals surface area contributed by atoms with Gasteiger partial charge in [0.05, 0.1) is 5.56 Å². The minimum atomic E-state index is -1.13. The first kappa shape index (κ1) is 13.3. The molecular weight excluding hydrogens is 266 g/mol. The van der Waals surface area contributed by atoms with Gasteiger partial charge in [0.15, 0.2) is 0 Å². The smallest absolute Gasteiger partial charge is 0.335 e. The Bertz CT molecular complexity index is 762. The molecule has 0 aliphatic carbocycles. The highest BCUT2D eigenvalue weighted by molar-refractivity contribution is 6.03. The Morgan fingerprint density at radius 1 is 1.10 bits per heavy atom. The number of carboxylic acids is 1. The van der Waals surface area contributed by atoms with Crippen LogP contribution in [0, 0.1) is 0 Å². The van der Waals surface area contributed by atoms with E-state index in [4.69, 9.17) is 5.11 Å². The topological polar surface area (TPSA) is 132 Å². The Morgan fingerprint density at radius 3 is 2.50 bits per heavy atom. The van der Waals surface area contributed by atoms with Crippen molar-refractivity contribution in [3.63, 3.8) is 0 Å². The molecule has 0 radical (unpaired) electrons. The minimum absolute atomic E-state index is 0.00204. The second-order valence-corrected chi connectivity index (χ2v) is 3.84. The van der Waals surface area contributed by atoms with Crippen LogP contribution in [0.5, 0.6) is 0 Å². The summed E-state index contributed by atoms with van der Waals surface area (Å²) < 4.78 is 0. The van der Waals surface area contributed by atoms with Crippen molar-refractivity contribution in [1.29, 1.82) is 0 Å². The number of amides is 1. The van der Waals surface area contributed by atoms with Gasteiger partial charge in [0.1, 0.15) is 5.69 Å². The van der Waals surface area contributed by atoms with Crippen molar-refractivity contribution in [2.24, 2.45) is 0 Å². The highest BCUT2D eigenvalue weighted by Crippen LogP contribution is 2.11. The number of carboxylic acid groups (broad SMARTS) is 1. The average Bonchev–Trinajstić information content (AvgIpc) is 2.37. The maximum atomic E-state index is 11.8. The zero-order valence-corrected chi connectivity index (χ0v) is 9.97. The summed E-state index contributed by atoms with van der Waals surface area (Å²) in [6.07, 6.45) is 0. The maximum absolute atomic E-state index is 11.8. The fraction of sp³-hybridized carbons (Fsp3) is 0. The van der Waals surface area contributed by atoms with E-state index < -0.39 is 23.1 Å². The van der Waals surface area contributed by atoms with Crippen LogP contribution in [0.2, 0.25) is 0 Å². The van der Waals surface area contributed by atoms with E-state index in [0.29, 0.717) is 0 Å². The van der Waals surface area contributed by atoms with E-state index in [1.54, 1.807) is 0 Å². The van der Waals surface area contributed by atoms with E-state index in [2.05, 4.69) is 10.3 Å². The van der Waals surface area contributed by atoms with E-state index in [1.165, 1.54) is 24.3 Å². The lowest BCUT2D eigenvalue weighted by atomic mass is 10.2. The van der Waals surface area contributed by atoms with Gasteiger partial charge in [-0.25, -0.2) is 9.59 Å². The number of aromatic amines is 2. The van der Waals surface area contributed by atoms with Gasteiger partial charge in [0.2, 0.25) is 0 Å². The number of anilines is 1. The summed E-state index contributed by atoms with van der Waals surface area (Å²) in [4.78, 5) is 48.8. The van der Waals surface area contributed by atoms with Crippen molar-refractivity contribution >= 4 is 17.6 Å². The van der Waals surface area contributed by atoms with Crippen molar-refractivity contribution < 1.29 is 14.7 Å². The summed E-state index contributed by atoms with van der Waals surface area (Å²) in [6.45, 7) is 0. The lowest BCUT2D eigenvalue weighted by molar-refractivity contribution is 0.0696. The summed E-state index contributed by atoms with van der Waals surface area (Å²) in [5.41, 5.74) is -1.50. The molecule has 2 aromatic rings. The van der Waals surface area contributed by atoms with Crippen LogP contribution in [0.1, 0.15) is 20.8 Å². The van der Waals surface area contributed by atoms with Crippen LogP contribution in [-0.4, -0.2) is 27.0 Å². The van der Waals surface area contributed by atoms with E-state index in [-0.39, 0.29) is 16.9 Å². The third-order valence-corrected chi connectivity index (χ3v) is 2.37. The van der Waals surface area contributed by atoms with Crippen LogP contribution in [-0.2, 0) is 0 Å². The van der Waals surface area contributed by atoms with E-state index in [1.807, 2.05) is 4.98 Å². The fourth-order valence-electron chi connectivity index (χ4n) is 1.52. The second-order valence-electron chi connectivity index (χ2n) is 3.84. The molecule has 1 aromatic carbocycles. The summed E-state index contributed by atoms with van der Waals surface area (Å²) in [7, 11) is 0. The number of nitrogens with one attached hydrogen (secondary N) is 3. The van der Waals surface area contributed by atoms with Gasteiger partial charge < -0.3 is 15.4 Å². The van der Waals surface area contributed by atoms with Crippen molar-refractivity contribution in [2.75, 3.05) is 5.32 Å². The van der Waals surface area contributed by atoms with Gasteiger partial charge in [0, 0.05) is 11.8 Å². The molecule has 1 heterocycles. The molecule has 0 spiro atoms. The molecule has 20 heavy (non-hydrogen) atoms. The van der Waals surface area contributed by atoms with Crippen LogP contribution in [0.25, 0.3) is 0 Å². The number of aromatic carboxylic acids is 1. The molecule has 102 valence electrons. The molecule has 1 aromatic heterocycles. The predicted molar refractivity (Wildman–Crippen MR) is 69.0 cm³/mol. The lowest BCUT2D eigenvalue weighted by Gasteiger charge is -2.05. The van der Waals surface area contributed by atoms with Gasteiger partial charge in [-0.1, -0.05) is 6.07 Å². The van der Waals surface area contributed by atoms with Crippen LogP contribution in [0.15, 0.2) is 39.9 Å². The Kier molecular flexibility index (Phi) is 3.47. The summed E-state index contributed by atoms with van der Waals surface area (Å²) >= 11 is 0. The highest BCUT2D eigenvalue weighted by atomic mass is 16.4. The van der Waals surface area contributed by atoms with Gasteiger partial charge in [-0.2, -0.15) is 0 Å². The number of hydrogen-bond acceptors (Lipinski definition) is 4. The average molecular weight is 275 g/mol. The fourth-order valence-corrected chi connectivity index (χ4v) is 1.52. The standard InChI is InChI=1S/C12H9N3O5/c16-9-5-8(14-12(20)15-9)10(17)13-7-3-1-2-6(4-7)11(18)19/h1-5H,(H,13,17)(H,18,19)(H2,14,15,16,20). The predicted octanol–water partition coefficient (Wildman–Crippen LogP) is 0.0137. The van der Waals surface area contributed by atoms with Crippen LogP contribution < -0.4 is 16.6 Å². The van der Waals surface area contributed by atoms with Crippen LogP contribution in [0.3, 0.4) is 0 Å². The molecular formula is C12H9N3O5. The number of carbonyl (C=O) groups excluding carboxylic acids is 1. The molecule has 8 heteroatoms. The zero-order chi connectivity index (χ0) is 14.7. The summed E-state index contributed by atoms with van der Waals surface area (Å²) in [5, 5.41) is 11.2. The minimum Gasteiger partial charge on any atom is -0.478 e. The number of benzene rings is 1. The van der Waals surface area contributed by atoms with Gasteiger partial charge in [-0.05, 0) is 18.2 Å². The van der Waals surface area contributed by atoms with Crippen molar-refractivity contribution in [1.82, 2.24) is 9.97 Å². The second kappa shape index (κ2) is 5.22. The third-order valence-electron chi connectivity index (χ3n) is 2.37. The Hall–Kier alpha value is -3.16. The van der Waals surface area contributed by atoms with Crippen LogP contribution >= 0.6 is 0 Å². The molecule has 8 nitrogen and oxygen atoms in total. The quantitative estimate of drug-likeness (QED) is 0.626. The van der Waals surface area contributed by atoms with E-state index in [0.717, 1.165) is 6.07 Å². The number of hydrogen-bond donors (Lipinski definition) is 4. The number of H-pyrrole nitrogens is 2. The molecule has 4 N–H and O–H groups in total. The molecule has 0 saturated carbocycles. The highest BCUT2D eigenvalue weighted by Gasteiger charge is 2.10. The van der Waals surface area contributed by atoms with Gasteiger partial charge in [-0.3, -0.25) is 14.6 Å². The molecule has 0 fully saturated rings. The summed E-state index contributed by atoms with van der Waals surface area (Å²) in [5.74, 6) is -1.86. The molecule has 1 amide bonds. The molecule has 0 aliphatic heterocycles. The number of carbonyl (C=O) groups is 2. The largest absolute Gasteiger partial charge is 0.478 e. The number of aromatic nitrogens is 2. The number of rotatable bonds is 3. The first-order chi connectivity index (χ1) is 9.45. The SMILES string of the molecule is O=C(O)c1cccc(NC(=O)c2cc(=O)[nH]c(=O)[nH]2)c1. The summed E-state index contributed by atoms with van der Waals surface area (Å²) in [6, 6.07) is 6.49. The third kappa shape index (κ3) is 2.99. The molecule has 0 saturated heterocycles. The van der Waals surface area contributed by atoms with Crippen molar-refractivity contribution in [2.45, 2.75) is 0 Å². The molecule has 0 aliphatic rings. The first-order valence-electron chi connectivity index (χ1n) is 5.44. The zero-order valence-electron chi connectivity index (χ0n) is 9.97. The molecule has 0 atom stereocenters. The first-order valence-corrected chi connectivity index (χ1v) is 5.44. The van der Waals surface area contributed by atoms with E-state index in [9.17, 15) is 19.2 Å². The Labute approximate surface area is 111 Å². The van der Waals surface area contributed by atoms with Gasteiger partial charge >= 0.3 is 11.7 Å². The molecule has 0 bridgehead atoms. The Balaban J connectivity index is 2.27. The lowest BCUT2D eigenvalue weighted by Crippen LogP contribution is -2.27. The maximum Gasteiger partial charge on any atom is 0.335 e. The van der Waals surface area contributed by atoms with Crippen LogP contribution in [0.4, 0.5) is 5.69 Å². The normalized spacial score (nSPS) is 10.0. The van der Waals surface area contributed by atoms with Gasteiger partial charge in [0.25, 0.3) is 11.5 Å². The van der Waals surface area contributed by atoms with Crippen molar-refractivity contribution in [3.8, 4) is 0 Å². The van der Waals surface area contributed by atoms with Gasteiger partial charge in [-0.15, -0.1) is 0 Å². The molecule has 0 unspecified atom stereocenters. The van der Waals surface area contributed by atoms with E-state index >= 15 is 0 Å². The Morgan fingerprint density at radius 2 is 1.85 bits per heavy atom. The molecule has 2 rings (SSSR count). The van der Waals surface area contributed by atoms with Crippen molar-refractivity contribution in [3.05, 3.63) is 62.4 Å². The monoisotopic (exact) mass is 275 g/mol.